The van der Waals surface area contributed by atoms with Crippen molar-refractivity contribution in [3.63, 3.8) is 0 Å². The van der Waals surface area contributed by atoms with Gasteiger partial charge < -0.3 is 15.7 Å². The van der Waals surface area contributed by atoms with Crippen LogP contribution in [0.15, 0.2) is 29.6 Å². The number of aromatic nitrogens is 1. The minimum absolute atomic E-state index is 0.0439. The Bertz CT molecular complexity index is 625. The third-order valence-corrected chi connectivity index (χ3v) is 4.63. The number of hydrogen-bond acceptors (Lipinski definition) is 4. The summed E-state index contributed by atoms with van der Waals surface area (Å²) in [6, 6.07) is 7.52. The second kappa shape index (κ2) is 8.64. The molecule has 2 amide bonds. The zero-order valence-electron chi connectivity index (χ0n) is 13.5. The SMILES string of the molecule is CCC(NC(=O)NCCc1ccc(CO)cc1)c1nc(C)cs1. The zero-order valence-corrected chi connectivity index (χ0v) is 14.3. The normalized spacial score (nSPS) is 12.0. The van der Waals surface area contributed by atoms with Crippen molar-refractivity contribution in [2.75, 3.05) is 6.54 Å². The van der Waals surface area contributed by atoms with E-state index >= 15 is 0 Å². The summed E-state index contributed by atoms with van der Waals surface area (Å²) in [7, 11) is 0. The van der Waals surface area contributed by atoms with E-state index in [1.807, 2.05) is 43.5 Å². The van der Waals surface area contributed by atoms with E-state index in [0.29, 0.717) is 6.54 Å². The van der Waals surface area contributed by atoms with Crippen molar-refractivity contribution < 1.29 is 9.90 Å². The number of rotatable bonds is 7. The van der Waals surface area contributed by atoms with Gasteiger partial charge in [0.15, 0.2) is 0 Å². The van der Waals surface area contributed by atoms with E-state index in [0.717, 1.165) is 34.7 Å². The van der Waals surface area contributed by atoms with Crippen molar-refractivity contribution in [2.45, 2.75) is 39.3 Å². The Kier molecular flexibility index (Phi) is 6.55. The van der Waals surface area contributed by atoms with Crippen LogP contribution in [0.5, 0.6) is 0 Å². The van der Waals surface area contributed by atoms with Gasteiger partial charge in [0, 0.05) is 17.6 Å². The van der Waals surface area contributed by atoms with Crippen LogP contribution < -0.4 is 10.6 Å². The second-order valence-corrected chi connectivity index (χ2v) is 6.30. The van der Waals surface area contributed by atoms with Crippen LogP contribution in [0.3, 0.4) is 0 Å². The molecule has 0 aliphatic heterocycles. The highest BCUT2D eigenvalue weighted by molar-refractivity contribution is 7.09. The number of carbonyl (C=O) groups is 1. The predicted molar refractivity (Wildman–Crippen MR) is 92.5 cm³/mol. The van der Waals surface area contributed by atoms with E-state index in [1.54, 1.807) is 11.3 Å². The first kappa shape index (κ1) is 17.4. The van der Waals surface area contributed by atoms with Crippen molar-refractivity contribution in [1.29, 1.82) is 0 Å². The fourth-order valence-electron chi connectivity index (χ4n) is 2.21. The molecule has 5 nitrogen and oxygen atoms in total. The molecular weight excluding hydrogens is 310 g/mol. The van der Waals surface area contributed by atoms with Crippen LogP contribution in [-0.2, 0) is 13.0 Å². The summed E-state index contributed by atoms with van der Waals surface area (Å²) >= 11 is 1.57. The maximum atomic E-state index is 12.0. The Balaban J connectivity index is 1.77. The quantitative estimate of drug-likeness (QED) is 0.729. The van der Waals surface area contributed by atoms with Gasteiger partial charge in [0.2, 0.25) is 0 Å². The predicted octanol–water partition coefficient (Wildman–Crippen LogP) is 2.94. The summed E-state index contributed by atoms with van der Waals surface area (Å²) in [4.78, 5) is 16.4. The van der Waals surface area contributed by atoms with E-state index in [2.05, 4.69) is 15.6 Å². The third kappa shape index (κ3) is 5.33. The van der Waals surface area contributed by atoms with Crippen LogP contribution in [0.1, 0.15) is 41.2 Å². The number of nitrogens with zero attached hydrogens (tertiary/aromatic N) is 1. The second-order valence-electron chi connectivity index (χ2n) is 5.41. The lowest BCUT2D eigenvalue weighted by Gasteiger charge is -2.15. The summed E-state index contributed by atoms with van der Waals surface area (Å²) in [5, 5.41) is 17.8. The molecular formula is C17H23N3O2S. The van der Waals surface area contributed by atoms with Crippen LogP contribution in [0, 0.1) is 6.92 Å². The van der Waals surface area contributed by atoms with Gasteiger partial charge in [-0.2, -0.15) is 0 Å². The van der Waals surface area contributed by atoms with Crippen LogP contribution in [0.25, 0.3) is 0 Å². The zero-order chi connectivity index (χ0) is 16.7. The number of urea groups is 1. The largest absolute Gasteiger partial charge is 0.392 e. The molecule has 2 aromatic rings. The highest BCUT2D eigenvalue weighted by atomic mass is 32.1. The van der Waals surface area contributed by atoms with Gasteiger partial charge in [-0.1, -0.05) is 31.2 Å². The monoisotopic (exact) mass is 333 g/mol. The van der Waals surface area contributed by atoms with Crippen molar-refractivity contribution in [1.82, 2.24) is 15.6 Å². The van der Waals surface area contributed by atoms with E-state index in [9.17, 15) is 4.79 Å². The molecule has 2 rings (SSSR count). The molecule has 0 spiro atoms. The van der Waals surface area contributed by atoms with Crippen LogP contribution in [-0.4, -0.2) is 22.7 Å². The fourth-order valence-corrected chi connectivity index (χ4v) is 3.14. The molecule has 124 valence electrons. The van der Waals surface area contributed by atoms with E-state index in [1.165, 1.54) is 0 Å². The summed E-state index contributed by atoms with van der Waals surface area (Å²) < 4.78 is 0. The Hall–Kier alpha value is -1.92. The number of hydrogen-bond donors (Lipinski definition) is 3. The first-order chi connectivity index (χ1) is 11.1. The number of carbonyl (C=O) groups excluding carboxylic acids is 1. The molecule has 0 saturated carbocycles. The first-order valence-electron chi connectivity index (χ1n) is 7.77. The molecule has 0 bridgehead atoms. The summed E-state index contributed by atoms with van der Waals surface area (Å²) in [6.45, 7) is 4.60. The van der Waals surface area contributed by atoms with Crippen molar-refractivity contribution in [3.8, 4) is 0 Å². The molecule has 23 heavy (non-hydrogen) atoms. The van der Waals surface area contributed by atoms with E-state index in [-0.39, 0.29) is 18.7 Å². The van der Waals surface area contributed by atoms with Gasteiger partial charge in [0.1, 0.15) is 5.01 Å². The molecule has 6 heteroatoms. The maximum absolute atomic E-state index is 12.0. The van der Waals surface area contributed by atoms with Gasteiger partial charge >= 0.3 is 6.03 Å². The molecule has 1 unspecified atom stereocenters. The van der Waals surface area contributed by atoms with Gasteiger partial charge in [0.25, 0.3) is 0 Å². The first-order valence-corrected chi connectivity index (χ1v) is 8.65. The highest BCUT2D eigenvalue weighted by Crippen LogP contribution is 2.20. The number of aliphatic hydroxyl groups excluding tert-OH is 1. The average molecular weight is 333 g/mol. The minimum atomic E-state index is -0.170. The smallest absolute Gasteiger partial charge is 0.315 e. The summed E-state index contributed by atoms with van der Waals surface area (Å²) in [5.41, 5.74) is 3.01. The molecule has 1 aromatic carbocycles. The van der Waals surface area contributed by atoms with Crippen molar-refractivity contribution >= 4 is 17.4 Å². The molecule has 1 heterocycles. The number of benzene rings is 1. The number of amides is 2. The van der Waals surface area contributed by atoms with Gasteiger partial charge in [-0.05, 0) is 30.9 Å². The highest BCUT2D eigenvalue weighted by Gasteiger charge is 2.15. The Morgan fingerprint density at radius 1 is 1.30 bits per heavy atom. The molecule has 0 radical (unpaired) electrons. The number of nitrogens with one attached hydrogen (secondary N) is 2. The molecule has 0 saturated heterocycles. The number of thiazole rings is 1. The molecule has 0 fully saturated rings. The van der Waals surface area contributed by atoms with Crippen molar-refractivity contribution in [3.05, 3.63) is 51.5 Å². The lowest BCUT2D eigenvalue weighted by molar-refractivity contribution is 0.237. The molecule has 0 aliphatic rings. The summed E-state index contributed by atoms with van der Waals surface area (Å²) in [5.74, 6) is 0. The third-order valence-electron chi connectivity index (χ3n) is 3.55. The van der Waals surface area contributed by atoms with Gasteiger partial charge in [-0.15, -0.1) is 11.3 Å². The number of aryl methyl sites for hydroxylation is 1. The van der Waals surface area contributed by atoms with Gasteiger partial charge in [-0.3, -0.25) is 0 Å². The van der Waals surface area contributed by atoms with E-state index < -0.39 is 0 Å². The Morgan fingerprint density at radius 2 is 2.00 bits per heavy atom. The molecule has 1 aromatic heterocycles. The molecule has 1 atom stereocenters. The average Bonchev–Trinajstić information content (AvgIpc) is 2.99. The minimum Gasteiger partial charge on any atom is -0.392 e. The molecule has 3 N–H and O–H groups in total. The van der Waals surface area contributed by atoms with Crippen molar-refractivity contribution in [2.24, 2.45) is 0 Å². The van der Waals surface area contributed by atoms with Crippen LogP contribution in [0.4, 0.5) is 4.79 Å². The topological polar surface area (TPSA) is 74.2 Å². The number of aliphatic hydroxyl groups is 1. The lowest BCUT2D eigenvalue weighted by Crippen LogP contribution is -2.38. The Morgan fingerprint density at radius 3 is 2.57 bits per heavy atom. The fraction of sp³-hybridized carbons (Fsp3) is 0.412. The molecule has 0 aliphatic carbocycles. The van der Waals surface area contributed by atoms with Gasteiger partial charge in [0.05, 0.1) is 12.6 Å². The lowest BCUT2D eigenvalue weighted by atomic mass is 10.1. The van der Waals surface area contributed by atoms with Crippen LogP contribution in [0.2, 0.25) is 0 Å². The standard InChI is InChI=1S/C17H23N3O2S/c1-3-15(16-19-12(2)11-23-16)20-17(22)18-9-8-13-4-6-14(10-21)7-5-13/h4-7,11,15,21H,3,8-10H2,1-2H3,(H2,18,20,22). The maximum Gasteiger partial charge on any atom is 0.315 e. The summed E-state index contributed by atoms with van der Waals surface area (Å²) in [6.07, 6.45) is 1.56. The Labute approximate surface area is 140 Å². The van der Waals surface area contributed by atoms with Gasteiger partial charge in [-0.25, -0.2) is 9.78 Å². The van der Waals surface area contributed by atoms with E-state index in [4.69, 9.17) is 5.11 Å². The van der Waals surface area contributed by atoms with Crippen LogP contribution >= 0.6 is 11.3 Å².